The van der Waals surface area contributed by atoms with E-state index < -0.39 is 5.60 Å². The van der Waals surface area contributed by atoms with Crippen LogP contribution in [-0.4, -0.2) is 24.2 Å². The van der Waals surface area contributed by atoms with Crippen molar-refractivity contribution in [3.63, 3.8) is 0 Å². The maximum absolute atomic E-state index is 9.31. The Morgan fingerprint density at radius 1 is 1.29 bits per heavy atom. The van der Waals surface area contributed by atoms with Gasteiger partial charge in [-0.2, -0.15) is 0 Å². The Hall–Kier alpha value is -0.485. The maximum Gasteiger partial charge on any atom is 0.330 e. The second-order valence-electron chi connectivity index (χ2n) is 6.75. The minimum Gasteiger partial charge on any atom is -0.423 e. The van der Waals surface area contributed by atoms with Crippen molar-refractivity contribution in [3.8, 4) is 0 Å². The fourth-order valence-corrected chi connectivity index (χ4v) is 4.13. The fraction of sp³-hybridized carbons (Fsp3) is 0.579. The van der Waals surface area contributed by atoms with Gasteiger partial charge in [0, 0.05) is 14.7 Å². The average molecular weight is 366 g/mol. The van der Waals surface area contributed by atoms with Crippen LogP contribution in [0.2, 0.25) is 6.82 Å². The summed E-state index contributed by atoms with van der Waals surface area (Å²) in [6.07, 6.45) is 6.34. The van der Waals surface area contributed by atoms with E-state index in [-0.39, 0.29) is 13.5 Å². The Morgan fingerprint density at radius 2 is 2.00 bits per heavy atom. The molecular formula is C19H31BO2S2. The van der Waals surface area contributed by atoms with Gasteiger partial charge < -0.3 is 9.76 Å². The van der Waals surface area contributed by atoms with Crippen LogP contribution in [-0.2, 0) is 11.1 Å². The lowest BCUT2D eigenvalue weighted by Crippen LogP contribution is -2.35. The maximum atomic E-state index is 9.31. The van der Waals surface area contributed by atoms with E-state index in [1.807, 2.05) is 32.0 Å². The molecule has 0 aliphatic rings. The summed E-state index contributed by atoms with van der Waals surface area (Å²) in [5, 5.41) is 9.31. The smallest absolute Gasteiger partial charge is 0.330 e. The largest absolute Gasteiger partial charge is 0.423 e. The van der Waals surface area contributed by atoms with Crippen molar-refractivity contribution in [2.75, 3.05) is 6.61 Å². The van der Waals surface area contributed by atoms with Crippen LogP contribution in [0, 0.1) is 0 Å². The van der Waals surface area contributed by atoms with Gasteiger partial charge in [0.2, 0.25) is 0 Å². The molecule has 1 aromatic heterocycles. The highest BCUT2D eigenvalue weighted by Gasteiger charge is 2.25. The third-order valence-electron chi connectivity index (χ3n) is 3.80. The number of hydrogen-bond acceptors (Lipinski definition) is 4. The first-order valence-corrected chi connectivity index (χ1v) is 10.4. The van der Waals surface area contributed by atoms with Crippen LogP contribution in [0.1, 0.15) is 56.2 Å². The number of thiophene rings is 1. The molecular weight excluding hydrogens is 335 g/mol. The summed E-state index contributed by atoms with van der Waals surface area (Å²) >= 11 is 3.40. The lowest BCUT2D eigenvalue weighted by molar-refractivity contribution is 0.0412. The molecule has 0 atom stereocenters. The van der Waals surface area contributed by atoms with Gasteiger partial charge in [0.15, 0.2) is 0 Å². The summed E-state index contributed by atoms with van der Waals surface area (Å²) in [5.74, 6) is 0. The lowest BCUT2D eigenvalue weighted by Gasteiger charge is -2.27. The SMILES string of the molecule is C=C(SC(=C)c1ccc(CCCCCC)s1)B(C)OC(C)(C)CO. The first-order valence-electron chi connectivity index (χ1n) is 8.72. The minimum absolute atomic E-state index is 0.0114. The highest BCUT2D eigenvalue weighted by atomic mass is 32.2. The average Bonchev–Trinajstić information content (AvgIpc) is 3.00. The molecule has 0 aliphatic heterocycles. The van der Waals surface area contributed by atoms with Crippen LogP contribution in [0.4, 0.5) is 0 Å². The van der Waals surface area contributed by atoms with Crippen LogP contribution in [0.25, 0.3) is 4.91 Å². The van der Waals surface area contributed by atoms with Gasteiger partial charge in [-0.3, -0.25) is 0 Å². The van der Waals surface area contributed by atoms with Crippen molar-refractivity contribution < 1.29 is 9.76 Å². The molecule has 0 aliphatic carbocycles. The molecule has 2 nitrogen and oxygen atoms in total. The Bertz CT molecular complexity index is 537. The van der Waals surface area contributed by atoms with Gasteiger partial charge in [-0.25, -0.2) is 0 Å². The Kier molecular flexibility index (Phi) is 9.43. The van der Waals surface area contributed by atoms with E-state index in [9.17, 15) is 5.11 Å². The van der Waals surface area contributed by atoms with Crippen molar-refractivity contribution in [2.45, 2.75) is 65.3 Å². The van der Waals surface area contributed by atoms with Gasteiger partial charge in [0.25, 0.3) is 0 Å². The zero-order valence-electron chi connectivity index (χ0n) is 15.6. The molecule has 0 spiro atoms. The van der Waals surface area contributed by atoms with Gasteiger partial charge in [0.1, 0.15) is 0 Å². The second kappa shape index (κ2) is 10.5. The van der Waals surface area contributed by atoms with Gasteiger partial charge in [-0.1, -0.05) is 46.2 Å². The van der Waals surface area contributed by atoms with Crippen molar-refractivity contribution in [1.29, 1.82) is 0 Å². The van der Waals surface area contributed by atoms with E-state index >= 15 is 0 Å². The molecule has 0 unspecified atom stereocenters. The van der Waals surface area contributed by atoms with E-state index in [1.54, 1.807) is 11.8 Å². The van der Waals surface area contributed by atoms with Crippen LogP contribution in [0.3, 0.4) is 0 Å². The van der Waals surface area contributed by atoms with E-state index in [4.69, 9.17) is 4.65 Å². The summed E-state index contributed by atoms with van der Waals surface area (Å²) in [7, 11) is 0. The molecule has 1 N–H and O–H groups in total. The first kappa shape index (κ1) is 21.6. The molecule has 1 rings (SSSR count). The molecule has 24 heavy (non-hydrogen) atoms. The van der Waals surface area contributed by atoms with Gasteiger partial charge in [-0.05, 0) is 43.6 Å². The molecule has 134 valence electrons. The summed E-state index contributed by atoms with van der Waals surface area (Å²) < 4.78 is 5.86. The summed E-state index contributed by atoms with van der Waals surface area (Å²) in [5.41, 5.74) is -0.557. The van der Waals surface area contributed by atoms with Crippen molar-refractivity contribution in [1.82, 2.24) is 0 Å². The van der Waals surface area contributed by atoms with E-state index in [1.165, 1.54) is 35.4 Å². The summed E-state index contributed by atoms with van der Waals surface area (Å²) in [6, 6.07) is 4.38. The van der Waals surface area contributed by atoms with Crippen molar-refractivity contribution in [2.24, 2.45) is 0 Å². The predicted molar refractivity (Wildman–Crippen MR) is 112 cm³/mol. The molecule has 1 heterocycles. The number of unbranched alkanes of at least 4 members (excludes halogenated alkanes) is 3. The zero-order valence-corrected chi connectivity index (χ0v) is 17.2. The standard InChI is InChI=1S/C19H31BO2S2/c1-7-8-9-10-11-17-12-13-18(24-17)15(2)23-16(3)20(6)22-19(4,5)14-21/h12-13,21H,2-3,7-11,14H2,1,4-6H3. The zero-order chi connectivity index (χ0) is 18.2. The van der Waals surface area contributed by atoms with Gasteiger partial charge in [0.05, 0.1) is 12.2 Å². The number of aliphatic hydroxyl groups excluding tert-OH is 1. The fourth-order valence-electron chi connectivity index (χ4n) is 2.26. The third kappa shape index (κ3) is 7.60. The topological polar surface area (TPSA) is 29.5 Å². The van der Waals surface area contributed by atoms with Crippen LogP contribution >= 0.6 is 23.1 Å². The predicted octanol–water partition coefficient (Wildman–Crippen LogP) is 6.04. The minimum atomic E-state index is -0.557. The van der Waals surface area contributed by atoms with Crippen LogP contribution < -0.4 is 0 Å². The highest BCUT2D eigenvalue weighted by molar-refractivity contribution is 8.13. The van der Waals surface area contributed by atoms with E-state index in [2.05, 4.69) is 32.2 Å². The molecule has 0 radical (unpaired) electrons. The number of thioether (sulfide) groups is 1. The van der Waals surface area contributed by atoms with Crippen molar-refractivity contribution in [3.05, 3.63) is 39.8 Å². The quantitative estimate of drug-likeness (QED) is 0.361. The third-order valence-corrected chi connectivity index (χ3v) is 6.19. The van der Waals surface area contributed by atoms with Gasteiger partial charge in [-0.15, -0.1) is 23.1 Å². The molecule has 0 amide bonds. The molecule has 0 bridgehead atoms. The van der Waals surface area contributed by atoms with E-state index in [0.29, 0.717) is 0 Å². The molecule has 0 saturated heterocycles. The first-order chi connectivity index (χ1) is 11.3. The van der Waals surface area contributed by atoms with Crippen LogP contribution in [0.5, 0.6) is 0 Å². The summed E-state index contributed by atoms with van der Waals surface area (Å²) in [6.45, 7) is 16.1. The Morgan fingerprint density at radius 3 is 2.62 bits per heavy atom. The molecule has 0 saturated carbocycles. The second-order valence-corrected chi connectivity index (χ2v) is 9.14. The molecule has 1 aromatic rings. The summed E-state index contributed by atoms with van der Waals surface area (Å²) in [4.78, 5) is 4.57. The molecule has 0 fully saturated rings. The lowest BCUT2D eigenvalue weighted by atomic mass is 9.70. The number of hydrogen-bond donors (Lipinski definition) is 1. The van der Waals surface area contributed by atoms with Gasteiger partial charge >= 0.3 is 6.92 Å². The molecule has 5 heteroatoms. The normalized spacial score (nSPS) is 11.5. The number of aryl methyl sites for hydroxylation is 1. The monoisotopic (exact) mass is 366 g/mol. The molecule has 0 aromatic carbocycles. The number of aliphatic hydroxyl groups is 1. The Balaban J connectivity index is 2.49. The Labute approximate surface area is 156 Å². The number of rotatable bonds is 12. The van der Waals surface area contributed by atoms with Crippen molar-refractivity contribution >= 4 is 34.9 Å². The van der Waals surface area contributed by atoms with E-state index in [0.717, 1.165) is 16.1 Å². The van der Waals surface area contributed by atoms with Crippen LogP contribution in [0.15, 0.2) is 30.1 Å². The highest BCUT2D eigenvalue weighted by Crippen LogP contribution is 2.37.